The van der Waals surface area contributed by atoms with Crippen molar-refractivity contribution in [3.63, 3.8) is 0 Å². The molecular weight excluding hydrogens is 290 g/mol. The van der Waals surface area contributed by atoms with Crippen LogP contribution in [0.4, 0.5) is 5.82 Å². The molecule has 1 aliphatic heterocycles. The van der Waals surface area contributed by atoms with Crippen LogP contribution in [-0.2, 0) is 0 Å². The third-order valence-corrected chi connectivity index (χ3v) is 4.34. The number of piperidine rings is 1. The summed E-state index contributed by atoms with van der Waals surface area (Å²) in [5.41, 5.74) is 1.38. The summed E-state index contributed by atoms with van der Waals surface area (Å²) in [4.78, 5) is 30.8. The standard InChI is InChI=1S/C17H17N5O/c23-15(14-5-1-2-7-18-14)12-4-3-9-22(10-12)17-13-6-8-19-16(13)20-11-21-17/h1-2,5-8,11-12H,3-4,9-10H2,(H,19,20,21). The second-order valence-corrected chi connectivity index (χ2v) is 5.80. The Morgan fingerprint density at radius 2 is 2.17 bits per heavy atom. The molecule has 1 saturated heterocycles. The molecule has 0 spiro atoms. The second kappa shape index (κ2) is 5.79. The number of ketones is 1. The van der Waals surface area contributed by atoms with Crippen molar-refractivity contribution in [3.05, 3.63) is 48.7 Å². The first-order valence-electron chi connectivity index (χ1n) is 7.81. The number of carbonyl (C=O) groups excluding carboxylic acids is 1. The molecule has 1 unspecified atom stereocenters. The Hall–Kier alpha value is -2.76. The normalized spacial score (nSPS) is 18.3. The van der Waals surface area contributed by atoms with E-state index in [4.69, 9.17) is 0 Å². The van der Waals surface area contributed by atoms with E-state index >= 15 is 0 Å². The molecule has 4 rings (SSSR count). The number of Topliss-reactive ketones (excluding diaryl/α,β-unsaturated/α-hetero) is 1. The minimum Gasteiger partial charge on any atom is -0.355 e. The van der Waals surface area contributed by atoms with Gasteiger partial charge in [-0.25, -0.2) is 9.97 Å². The van der Waals surface area contributed by atoms with E-state index in [-0.39, 0.29) is 11.7 Å². The summed E-state index contributed by atoms with van der Waals surface area (Å²) < 4.78 is 0. The summed E-state index contributed by atoms with van der Waals surface area (Å²) >= 11 is 0. The molecule has 3 aromatic rings. The summed E-state index contributed by atoms with van der Waals surface area (Å²) in [6.07, 6.45) is 6.97. The van der Waals surface area contributed by atoms with Crippen molar-refractivity contribution in [3.8, 4) is 0 Å². The van der Waals surface area contributed by atoms with E-state index in [1.807, 2.05) is 24.4 Å². The SMILES string of the molecule is O=C(c1ccccn1)C1CCCN(c2ncnc3[nH]ccc23)C1. The highest BCUT2D eigenvalue weighted by Crippen LogP contribution is 2.28. The molecule has 0 aliphatic carbocycles. The summed E-state index contributed by atoms with van der Waals surface area (Å²) in [6, 6.07) is 7.45. The van der Waals surface area contributed by atoms with E-state index in [0.29, 0.717) is 12.2 Å². The molecule has 6 heteroatoms. The highest BCUT2D eigenvalue weighted by atomic mass is 16.1. The smallest absolute Gasteiger partial charge is 0.185 e. The van der Waals surface area contributed by atoms with Gasteiger partial charge >= 0.3 is 0 Å². The Morgan fingerprint density at radius 1 is 1.22 bits per heavy atom. The van der Waals surface area contributed by atoms with Crippen LogP contribution in [-0.4, -0.2) is 38.8 Å². The number of aromatic nitrogens is 4. The van der Waals surface area contributed by atoms with Gasteiger partial charge in [0.25, 0.3) is 0 Å². The molecule has 1 fully saturated rings. The van der Waals surface area contributed by atoms with Crippen molar-refractivity contribution in [2.75, 3.05) is 18.0 Å². The van der Waals surface area contributed by atoms with Gasteiger partial charge in [0.05, 0.1) is 5.39 Å². The van der Waals surface area contributed by atoms with Gasteiger partial charge in [-0.05, 0) is 31.0 Å². The molecule has 3 aromatic heterocycles. The Kier molecular flexibility index (Phi) is 3.49. The van der Waals surface area contributed by atoms with Gasteiger partial charge in [-0.3, -0.25) is 9.78 Å². The molecular formula is C17H17N5O. The quantitative estimate of drug-likeness (QED) is 0.752. The molecule has 0 radical (unpaired) electrons. The van der Waals surface area contributed by atoms with E-state index in [9.17, 15) is 4.79 Å². The highest BCUT2D eigenvalue weighted by molar-refractivity contribution is 5.96. The van der Waals surface area contributed by atoms with Gasteiger partial charge in [-0.1, -0.05) is 6.07 Å². The second-order valence-electron chi connectivity index (χ2n) is 5.80. The van der Waals surface area contributed by atoms with Crippen molar-refractivity contribution >= 4 is 22.6 Å². The van der Waals surface area contributed by atoms with Crippen LogP contribution in [0.1, 0.15) is 23.3 Å². The fourth-order valence-electron chi connectivity index (χ4n) is 3.21. The molecule has 1 N–H and O–H groups in total. The average Bonchev–Trinajstić information content (AvgIpc) is 3.10. The Labute approximate surface area is 133 Å². The lowest BCUT2D eigenvalue weighted by atomic mass is 9.92. The number of fused-ring (bicyclic) bond motifs is 1. The number of aromatic amines is 1. The number of nitrogens with one attached hydrogen (secondary N) is 1. The van der Waals surface area contributed by atoms with Crippen LogP contribution in [0.5, 0.6) is 0 Å². The number of hydrogen-bond acceptors (Lipinski definition) is 5. The van der Waals surface area contributed by atoms with Crippen LogP contribution in [0.15, 0.2) is 43.0 Å². The Bertz CT molecular complexity index is 829. The van der Waals surface area contributed by atoms with E-state index in [1.165, 1.54) is 0 Å². The van der Waals surface area contributed by atoms with Crippen LogP contribution in [0.25, 0.3) is 11.0 Å². The van der Waals surface area contributed by atoms with Gasteiger partial charge in [0, 0.05) is 31.4 Å². The van der Waals surface area contributed by atoms with Gasteiger partial charge in [0.2, 0.25) is 0 Å². The van der Waals surface area contributed by atoms with Gasteiger partial charge in [-0.2, -0.15) is 0 Å². The first kappa shape index (κ1) is 13.9. The zero-order valence-electron chi connectivity index (χ0n) is 12.6. The lowest BCUT2D eigenvalue weighted by molar-refractivity contribution is 0.0902. The maximum absolute atomic E-state index is 12.7. The third kappa shape index (κ3) is 2.56. The van der Waals surface area contributed by atoms with Crippen LogP contribution in [0, 0.1) is 5.92 Å². The van der Waals surface area contributed by atoms with Crippen LogP contribution >= 0.6 is 0 Å². The fraction of sp³-hybridized carbons (Fsp3) is 0.294. The predicted molar refractivity (Wildman–Crippen MR) is 87.4 cm³/mol. The number of H-pyrrole nitrogens is 1. The lowest BCUT2D eigenvalue weighted by Crippen LogP contribution is -2.39. The van der Waals surface area contributed by atoms with Gasteiger partial charge in [0.15, 0.2) is 5.78 Å². The maximum Gasteiger partial charge on any atom is 0.185 e. The topological polar surface area (TPSA) is 74.8 Å². The molecule has 0 amide bonds. The predicted octanol–water partition coefficient (Wildman–Crippen LogP) is 2.45. The summed E-state index contributed by atoms with van der Waals surface area (Å²) in [5.74, 6) is 0.979. The van der Waals surface area contributed by atoms with Gasteiger partial charge in [0.1, 0.15) is 23.5 Å². The van der Waals surface area contributed by atoms with E-state index in [0.717, 1.165) is 36.2 Å². The molecule has 0 aromatic carbocycles. The number of nitrogens with zero attached hydrogens (tertiary/aromatic N) is 4. The number of anilines is 1. The first-order chi connectivity index (χ1) is 11.3. The van der Waals surface area contributed by atoms with Gasteiger partial charge in [-0.15, -0.1) is 0 Å². The van der Waals surface area contributed by atoms with Crippen molar-refractivity contribution < 1.29 is 4.79 Å². The Balaban J connectivity index is 1.60. The van der Waals surface area contributed by atoms with Crippen molar-refractivity contribution in [2.24, 2.45) is 5.92 Å². The average molecular weight is 307 g/mol. The number of carbonyl (C=O) groups is 1. The van der Waals surface area contributed by atoms with E-state index in [1.54, 1.807) is 18.6 Å². The number of pyridine rings is 1. The zero-order chi connectivity index (χ0) is 15.6. The van der Waals surface area contributed by atoms with Crippen molar-refractivity contribution in [1.29, 1.82) is 0 Å². The van der Waals surface area contributed by atoms with Gasteiger partial charge < -0.3 is 9.88 Å². The molecule has 23 heavy (non-hydrogen) atoms. The van der Waals surface area contributed by atoms with Crippen LogP contribution < -0.4 is 4.90 Å². The number of hydrogen-bond donors (Lipinski definition) is 1. The molecule has 1 aliphatic rings. The first-order valence-corrected chi connectivity index (χ1v) is 7.81. The third-order valence-electron chi connectivity index (χ3n) is 4.34. The molecule has 0 bridgehead atoms. The molecule has 0 saturated carbocycles. The van der Waals surface area contributed by atoms with E-state index in [2.05, 4.69) is 24.8 Å². The zero-order valence-corrected chi connectivity index (χ0v) is 12.6. The lowest BCUT2D eigenvalue weighted by Gasteiger charge is -2.33. The molecule has 6 nitrogen and oxygen atoms in total. The monoisotopic (exact) mass is 307 g/mol. The van der Waals surface area contributed by atoms with Crippen LogP contribution in [0.3, 0.4) is 0 Å². The number of rotatable bonds is 3. The van der Waals surface area contributed by atoms with Crippen molar-refractivity contribution in [2.45, 2.75) is 12.8 Å². The highest BCUT2D eigenvalue weighted by Gasteiger charge is 2.28. The fourth-order valence-corrected chi connectivity index (χ4v) is 3.21. The Morgan fingerprint density at radius 3 is 3.04 bits per heavy atom. The molecule has 4 heterocycles. The largest absolute Gasteiger partial charge is 0.355 e. The summed E-state index contributed by atoms with van der Waals surface area (Å²) in [5, 5.41) is 0.999. The molecule has 116 valence electrons. The minimum absolute atomic E-state index is 0.0393. The van der Waals surface area contributed by atoms with Crippen LogP contribution in [0.2, 0.25) is 0 Å². The summed E-state index contributed by atoms with van der Waals surface area (Å²) in [6.45, 7) is 1.58. The molecule has 1 atom stereocenters. The van der Waals surface area contributed by atoms with Crippen molar-refractivity contribution in [1.82, 2.24) is 19.9 Å². The maximum atomic E-state index is 12.7. The minimum atomic E-state index is -0.0393. The van der Waals surface area contributed by atoms with E-state index < -0.39 is 0 Å². The summed E-state index contributed by atoms with van der Waals surface area (Å²) in [7, 11) is 0.